The second-order valence-corrected chi connectivity index (χ2v) is 6.69. The van der Waals surface area contributed by atoms with Gasteiger partial charge < -0.3 is 15.5 Å². The summed E-state index contributed by atoms with van der Waals surface area (Å²) in [5, 5.41) is 5.63. The van der Waals surface area contributed by atoms with Crippen LogP contribution in [0.3, 0.4) is 0 Å². The highest BCUT2D eigenvalue weighted by molar-refractivity contribution is 5.99. The molecule has 0 bridgehead atoms. The van der Waals surface area contributed by atoms with E-state index >= 15 is 0 Å². The molecular weight excluding hydrogens is 346 g/mol. The summed E-state index contributed by atoms with van der Waals surface area (Å²) in [5.74, 6) is -0.751. The Morgan fingerprint density at radius 1 is 1.22 bits per heavy atom. The van der Waals surface area contributed by atoms with Crippen molar-refractivity contribution >= 4 is 17.7 Å². The smallest absolute Gasteiger partial charge is 0.271 e. The van der Waals surface area contributed by atoms with E-state index in [1.165, 1.54) is 18.6 Å². The van der Waals surface area contributed by atoms with Crippen LogP contribution in [-0.4, -0.2) is 57.3 Å². The second kappa shape index (κ2) is 7.14. The fourth-order valence-electron chi connectivity index (χ4n) is 3.68. The minimum Gasteiger partial charge on any atom is -0.345 e. The number of aromatic nitrogens is 2. The molecule has 0 saturated carbocycles. The van der Waals surface area contributed by atoms with Gasteiger partial charge in [0.15, 0.2) is 0 Å². The molecule has 3 heterocycles. The van der Waals surface area contributed by atoms with Crippen LogP contribution in [0.2, 0.25) is 0 Å². The zero-order chi connectivity index (χ0) is 18.8. The highest BCUT2D eigenvalue weighted by atomic mass is 16.2. The van der Waals surface area contributed by atoms with E-state index in [9.17, 15) is 14.4 Å². The van der Waals surface area contributed by atoms with Crippen molar-refractivity contribution in [1.82, 2.24) is 25.5 Å². The maximum Gasteiger partial charge on any atom is 0.271 e. The maximum absolute atomic E-state index is 12.8. The Balaban J connectivity index is 1.45. The average molecular weight is 365 g/mol. The third kappa shape index (κ3) is 3.38. The first-order valence-corrected chi connectivity index (χ1v) is 8.85. The maximum atomic E-state index is 12.8. The van der Waals surface area contributed by atoms with Gasteiger partial charge in [0.2, 0.25) is 11.8 Å². The zero-order valence-electron chi connectivity index (χ0n) is 14.5. The Labute approximate surface area is 156 Å². The molecule has 27 heavy (non-hydrogen) atoms. The molecule has 8 nitrogen and oxygen atoms in total. The number of rotatable bonds is 4. The van der Waals surface area contributed by atoms with Crippen molar-refractivity contribution in [2.24, 2.45) is 0 Å². The highest BCUT2D eigenvalue weighted by Crippen LogP contribution is 2.24. The molecule has 3 unspecified atom stereocenters. The van der Waals surface area contributed by atoms with Crippen LogP contribution in [-0.2, 0) is 16.0 Å². The predicted octanol–water partition coefficient (Wildman–Crippen LogP) is -0.0830. The van der Waals surface area contributed by atoms with Crippen LogP contribution in [0.15, 0.2) is 48.9 Å². The molecular formula is C19H19N5O3. The minimum atomic E-state index is -0.690. The van der Waals surface area contributed by atoms with E-state index in [2.05, 4.69) is 20.6 Å². The highest BCUT2D eigenvalue weighted by Gasteiger charge is 2.48. The van der Waals surface area contributed by atoms with Gasteiger partial charge in [0.25, 0.3) is 5.91 Å². The van der Waals surface area contributed by atoms with E-state index in [0.29, 0.717) is 19.4 Å². The molecule has 4 rings (SSSR count). The monoisotopic (exact) mass is 365 g/mol. The predicted molar refractivity (Wildman–Crippen MR) is 95.5 cm³/mol. The largest absolute Gasteiger partial charge is 0.345 e. The van der Waals surface area contributed by atoms with Crippen LogP contribution >= 0.6 is 0 Å². The van der Waals surface area contributed by atoms with Crippen LogP contribution in [0.4, 0.5) is 0 Å². The van der Waals surface area contributed by atoms with Gasteiger partial charge in [0, 0.05) is 25.4 Å². The normalized spacial score (nSPS) is 24.3. The van der Waals surface area contributed by atoms with E-state index in [0.717, 1.165) is 5.56 Å². The molecule has 2 saturated heterocycles. The summed E-state index contributed by atoms with van der Waals surface area (Å²) in [6, 6.07) is 7.86. The van der Waals surface area contributed by atoms with Crippen LogP contribution in [0.25, 0.3) is 0 Å². The molecule has 3 amide bonds. The van der Waals surface area contributed by atoms with Gasteiger partial charge in [-0.15, -0.1) is 0 Å². The van der Waals surface area contributed by atoms with Crippen molar-refractivity contribution in [2.75, 3.05) is 6.54 Å². The van der Waals surface area contributed by atoms with Gasteiger partial charge >= 0.3 is 0 Å². The van der Waals surface area contributed by atoms with Crippen LogP contribution in [0.1, 0.15) is 22.5 Å². The van der Waals surface area contributed by atoms with Gasteiger partial charge in [-0.3, -0.25) is 19.4 Å². The Kier molecular flexibility index (Phi) is 4.53. The number of hydrogen-bond acceptors (Lipinski definition) is 5. The molecule has 2 N–H and O–H groups in total. The minimum absolute atomic E-state index is 0.111. The second-order valence-electron chi connectivity index (χ2n) is 6.69. The van der Waals surface area contributed by atoms with Gasteiger partial charge in [0.1, 0.15) is 17.8 Å². The van der Waals surface area contributed by atoms with Gasteiger partial charge in [-0.05, 0) is 12.0 Å². The molecule has 1 aromatic heterocycles. The van der Waals surface area contributed by atoms with Crippen molar-refractivity contribution in [3.05, 3.63) is 60.2 Å². The Bertz CT molecular complexity index is 858. The first-order valence-electron chi connectivity index (χ1n) is 8.85. The summed E-state index contributed by atoms with van der Waals surface area (Å²) in [5.41, 5.74) is 1.17. The Morgan fingerprint density at radius 2 is 2.04 bits per heavy atom. The van der Waals surface area contributed by atoms with Gasteiger partial charge in [0.05, 0.1) is 12.2 Å². The van der Waals surface area contributed by atoms with E-state index in [4.69, 9.17) is 0 Å². The zero-order valence-corrected chi connectivity index (χ0v) is 14.5. The topological polar surface area (TPSA) is 104 Å². The van der Waals surface area contributed by atoms with Crippen molar-refractivity contribution in [2.45, 2.75) is 31.0 Å². The van der Waals surface area contributed by atoms with Crippen LogP contribution in [0.5, 0.6) is 0 Å². The fourth-order valence-corrected chi connectivity index (χ4v) is 3.68. The first-order chi connectivity index (χ1) is 13.1. The van der Waals surface area contributed by atoms with Crippen molar-refractivity contribution in [3.8, 4) is 0 Å². The Morgan fingerprint density at radius 3 is 2.78 bits per heavy atom. The first kappa shape index (κ1) is 17.1. The lowest BCUT2D eigenvalue weighted by atomic mass is 9.99. The van der Waals surface area contributed by atoms with Crippen molar-refractivity contribution in [1.29, 1.82) is 0 Å². The number of benzene rings is 1. The van der Waals surface area contributed by atoms with Crippen LogP contribution < -0.4 is 10.6 Å². The molecule has 138 valence electrons. The summed E-state index contributed by atoms with van der Waals surface area (Å²) >= 11 is 0. The SMILES string of the molecule is O=C(NC1CCN2C(=O)C(Cc3ccccc3)NC(=O)C12)c1cnccn1. The quantitative estimate of drug-likeness (QED) is 0.788. The summed E-state index contributed by atoms with van der Waals surface area (Å²) < 4.78 is 0. The molecule has 0 aliphatic carbocycles. The Hall–Kier alpha value is -3.29. The molecule has 2 aromatic rings. The van der Waals surface area contributed by atoms with E-state index in [1.807, 2.05) is 30.3 Å². The lowest BCUT2D eigenvalue weighted by Crippen LogP contribution is -2.65. The summed E-state index contributed by atoms with van der Waals surface area (Å²) in [4.78, 5) is 47.2. The van der Waals surface area contributed by atoms with Gasteiger partial charge in [-0.25, -0.2) is 4.98 Å². The standard InChI is InChI=1S/C19H19N5O3/c25-17(15-11-20-7-8-21-15)22-13-6-9-24-16(13)18(26)23-14(19(24)27)10-12-4-2-1-3-5-12/h1-5,7-8,11,13-14,16H,6,9-10H2,(H,22,25)(H,23,26). The van der Waals surface area contributed by atoms with Gasteiger partial charge in [-0.1, -0.05) is 30.3 Å². The summed E-state index contributed by atoms with van der Waals surface area (Å²) in [6.07, 6.45) is 5.25. The van der Waals surface area contributed by atoms with Gasteiger partial charge in [-0.2, -0.15) is 0 Å². The molecule has 1 aromatic carbocycles. The number of hydrogen-bond donors (Lipinski definition) is 2. The molecule has 0 spiro atoms. The summed E-state index contributed by atoms with van der Waals surface area (Å²) in [7, 11) is 0. The number of nitrogens with one attached hydrogen (secondary N) is 2. The number of carbonyl (C=O) groups is 3. The number of nitrogens with zero attached hydrogens (tertiary/aromatic N) is 3. The molecule has 2 fully saturated rings. The van der Waals surface area contributed by atoms with E-state index in [1.54, 1.807) is 4.90 Å². The number of piperazine rings is 1. The lowest BCUT2D eigenvalue weighted by molar-refractivity contribution is -0.147. The average Bonchev–Trinajstić information content (AvgIpc) is 3.12. The number of carbonyl (C=O) groups excluding carboxylic acids is 3. The third-order valence-corrected chi connectivity index (χ3v) is 4.96. The molecule has 2 aliphatic rings. The van der Waals surface area contributed by atoms with Crippen molar-refractivity contribution in [3.63, 3.8) is 0 Å². The number of amides is 3. The lowest BCUT2D eigenvalue weighted by Gasteiger charge is -2.36. The van der Waals surface area contributed by atoms with E-state index in [-0.39, 0.29) is 17.5 Å². The molecule has 3 atom stereocenters. The van der Waals surface area contributed by atoms with E-state index < -0.39 is 24.0 Å². The third-order valence-electron chi connectivity index (χ3n) is 4.96. The van der Waals surface area contributed by atoms with Crippen LogP contribution in [0, 0.1) is 0 Å². The fraction of sp³-hybridized carbons (Fsp3) is 0.316. The summed E-state index contributed by atoms with van der Waals surface area (Å²) in [6.45, 7) is 0.438. The molecule has 8 heteroatoms. The van der Waals surface area contributed by atoms with Crippen molar-refractivity contribution < 1.29 is 14.4 Å². The molecule has 0 radical (unpaired) electrons. The number of fused-ring (bicyclic) bond motifs is 1. The molecule has 2 aliphatic heterocycles.